The maximum absolute atomic E-state index is 10.1. The lowest BCUT2D eigenvalue weighted by atomic mass is 9.97. The van der Waals surface area contributed by atoms with Gasteiger partial charge in [-0.15, -0.1) is 0 Å². The number of nitrogens with zero attached hydrogens (tertiary/aromatic N) is 2. The fourth-order valence-electron chi connectivity index (χ4n) is 1.57. The van der Waals surface area contributed by atoms with E-state index >= 15 is 0 Å². The highest BCUT2D eigenvalue weighted by Gasteiger charge is 2.22. The molecule has 84 valence electrons. The van der Waals surface area contributed by atoms with E-state index in [2.05, 4.69) is 10.1 Å². The SMILES string of the molecule is Cc1noc(C(C)C(O)c2ccccc2)n1. The van der Waals surface area contributed by atoms with E-state index < -0.39 is 6.10 Å². The van der Waals surface area contributed by atoms with Crippen LogP contribution in [0.5, 0.6) is 0 Å². The molecule has 0 radical (unpaired) electrons. The van der Waals surface area contributed by atoms with Gasteiger partial charge in [0.05, 0.1) is 12.0 Å². The Morgan fingerprint density at radius 1 is 1.25 bits per heavy atom. The molecule has 2 unspecified atom stereocenters. The Bertz CT molecular complexity index is 453. The van der Waals surface area contributed by atoms with E-state index in [0.717, 1.165) is 5.56 Å². The largest absolute Gasteiger partial charge is 0.388 e. The van der Waals surface area contributed by atoms with Gasteiger partial charge in [-0.05, 0) is 12.5 Å². The molecule has 4 nitrogen and oxygen atoms in total. The van der Waals surface area contributed by atoms with Crippen LogP contribution in [0.4, 0.5) is 0 Å². The van der Waals surface area contributed by atoms with Crippen molar-refractivity contribution in [2.75, 3.05) is 0 Å². The molecule has 0 spiro atoms. The first-order chi connectivity index (χ1) is 7.68. The lowest BCUT2D eigenvalue weighted by Gasteiger charge is -2.15. The zero-order valence-electron chi connectivity index (χ0n) is 9.29. The maximum atomic E-state index is 10.1. The Balaban J connectivity index is 2.19. The van der Waals surface area contributed by atoms with Gasteiger partial charge in [0.2, 0.25) is 5.89 Å². The second-order valence-electron chi connectivity index (χ2n) is 3.82. The number of hydrogen-bond acceptors (Lipinski definition) is 4. The highest BCUT2D eigenvalue weighted by molar-refractivity contribution is 5.19. The van der Waals surface area contributed by atoms with Gasteiger partial charge >= 0.3 is 0 Å². The van der Waals surface area contributed by atoms with Crippen molar-refractivity contribution in [2.45, 2.75) is 25.9 Å². The lowest BCUT2D eigenvalue weighted by Crippen LogP contribution is -2.07. The summed E-state index contributed by atoms with van der Waals surface area (Å²) in [6.07, 6.45) is -0.624. The van der Waals surface area contributed by atoms with Crippen molar-refractivity contribution in [1.29, 1.82) is 0 Å². The molecule has 2 aromatic rings. The average molecular weight is 218 g/mol. The molecule has 0 aliphatic carbocycles. The second kappa shape index (κ2) is 4.45. The van der Waals surface area contributed by atoms with Crippen LogP contribution in [0.2, 0.25) is 0 Å². The van der Waals surface area contributed by atoms with Crippen LogP contribution in [-0.2, 0) is 0 Å². The quantitative estimate of drug-likeness (QED) is 0.858. The number of aromatic nitrogens is 2. The predicted molar refractivity (Wildman–Crippen MR) is 58.9 cm³/mol. The molecule has 0 bridgehead atoms. The summed E-state index contributed by atoms with van der Waals surface area (Å²) >= 11 is 0. The minimum absolute atomic E-state index is 0.205. The molecule has 0 saturated carbocycles. The normalized spacial score (nSPS) is 14.7. The molecule has 1 N–H and O–H groups in total. The third kappa shape index (κ3) is 2.12. The molecule has 0 aliphatic rings. The van der Waals surface area contributed by atoms with Gasteiger partial charge in [0.15, 0.2) is 5.82 Å². The monoisotopic (exact) mass is 218 g/mol. The van der Waals surface area contributed by atoms with Gasteiger partial charge in [-0.1, -0.05) is 42.4 Å². The van der Waals surface area contributed by atoms with Gasteiger partial charge in [0.25, 0.3) is 0 Å². The molecular weight excluding hydrogens is 204 g/mol. The molecule has 1 aromatic heterocycles. The first-order valence-corrected chi connectivity index (χ1v) is 5.21. The Morgan fingerprint density at radius 2 is 1.94 bits per heavy atom. The van der Waals surface area contributed by atoms with E-state index in [4.69, 9.17) is 4.52 Å². The van der Waals surface area contributed by atoms with E-state index in [1.54, 1.807) is 6.92 Å². The van der Waals surface area contributed by atoms with Crippen molar-refractivity contribution in [3.05, 3.63) is 47.6 Å². The third-order valence-electron chi connectivity index (χ3n) is 2.55. The van der Waals surface area contributed by atoms with Crippen LogP contribution in [0, 0.1) is 6.92 Å². The van der Waals surface area contributed by atoms with Gasteiger partial charge in [-0.2, -0.15) is 4.98 Å². The molecule has 1 aromatic carbocycles. The van der Waals surface area contributed by atoms with Gasteiger partial charge in [-0.3, -0.25) is 0 Å². The highest BCUT2D eigenvalue weighted by Crippen LogP contribution is 2.28. The zero-order chi connectivity index (χ0) is 11.5. The van der Waals surface area contributed by atoms with E-state index in [0.29, 0.717) is 11.7 Å². The summed E-state index contributed by atoms with van der Waals surface area (Å²) in [4.78, 5) is 4.12. The second-order valence-corrected chi connectivity index (χ2v) is 3.82. The van der Waals surface area contributed by atoms with Crippen molar-refractivity contribution in [1.82, 2.24) is 10.1 Å². The zero-order valence-corrected chi connectivity index (χ0v) is 9.29. The van der Waals surface area contributed by atoms with Gasteiger partial charge in [0, 0.05) is 0 Å². The predicted octanol–water partition coefficient (Wildman–Crippen LogP) is 2.22. The maximum Gasteiger partial charge on any atom is 0.232 e. The fourth-order valence-corrected chi connectivity index (χ4v) is 1.57. The Hall–Kier alpha value is -1.68. The van der Waals surface area contributed by atoms with Crippen LogP contribution >= 0.6 is 0 Å². The standard InChI is InChI=1S/C12H14N2O2/c1-8(12-13-9(2)14-16-12)11(15)10-6-4-3-5-7-10/h3-8,11,15H,1-2H3. The highest BCUT2D eigenvalue weighted by atomic mass is 16.5. The Kier molecular flexibility index (Phi) is 3.01. The first-order valence-electron chi connectivity index (χ1n) is 5.21. The molecular formula is C12H14N2O2. The van der Waals surface area contributed by atoms with Crippen molar-refractivity contribution in [2.24, 2.45) is 0 Å². The van der Waals surface area contributed by atoms with Crippen LogP contribution in [0.25, 0.3) is 0 Å². The van der Waals surface area contributed by atoms with Gasteiger partial charge in [-0.25, -0.2) is 0 Å². The molecule has 0 amide bonds. The van der Waals surface area contributed by atoms with Crippen LogP contribution in [0.3, 0.4) is 0 Å². The van der Waals surface area contributed by atoms with Crippen molar-refractivity contribution < 1.29 is 9.63 Å². The van der Waals surface area contributed by atoms with Crippen molar-refractivity contribution in [3.63, 3.8) is 0 Å². The molecule has 0 saturated heterocycles. The van der Waals surface area contributed by atoms with Crippen LogP contribution in [0.15, 0.2) is 34.9 Å². The molecule has 0 fully saturated rings. The Labute approximate surface area is 93.9 Å². The molecule has 2 atom stereocenters. The van der Waals surface area contributed by atoms with E-state index in [1.807, 2.05) is 37.3 Å². The lowest BCUT2D eigenvalue weighted by molar-refractivity contribution is 0.135. The summed E-state index contributed by atoms with van der Waals surface area (Å²) in [5, 5.41) is 13.8. The summed E-state index contributed by atoms with van der Waals surface area (Å²) < 4.78 is 5.05. The molecule has 4 heteroatoms. The number of aliphatic hydroxyl groups is 1. The number of rotatable bonds is 3. The summed E-state index contributed by atoms with van der Waals surface area (Å²) in [5.74, 6) is 0.847. The fraction of sp³-hybridized carbons (Fsp3) is 0.333. The average Bonchev–Trinajstić information content (AvgIpc) is 2.75. The van der Waals surface area contributed by atoms with Crippen LogP contribution < -0.4 is 0 Å². The van der Waals surface area contributed by atoms with Crippen molar-refractivity contribution in [3.8, 4) is 0 Å². The number of aliphatic hydroxyl groups excluding tert-OH is 1. The minimum atomic E-state index is -0.624. The van der Waals surface area contributed by atoms with Crippen molar-refractivity contribution >= 4 is 0 Å². The molecule has 1 heterocycles. The van der Waals surface area contributed by atoms with Crippen LogP contribution in [-0.4, -0.2) is 15.2 Å². The van der Waals surface area contributed by atoms with Gasteiger partial charge in [0.1, 0.15) is 0 Å². The third-order valence-corrected chi connectivity index (χ3v) is 2.55. The van der Waals surface area contributed by atoms with E-state index in [-0.39, 0.29) is 5.92 Å². The minimum Gasteiger partial charge on any atom is -0.388 e. The summed E-state index contributed by atoms with van der Waals surface area (Å²) in [6.45, 7) is 3.62. The van der Waals surface area contributed by atoms with E-state index in [1.165, 1.54) is 0 Å². The number of benzene rings is 1. The Morgan fingerprint density at radius 3 is 2.50 bits per heavy atom. The summed E-state index contributed by atoms with van der Waals surface area (Å²) in [5.41, 5.74) is 0.853. The molecule has 2 rings (SSSR count). The topological polar surface area (TPSA) is 59.2 Å². The molecule has 16 heavy (non-hydrogen) atoms. The number of hydrogen-bond donors (Lipinski definition) is 1. The van der Waals surface area contributed by atoms with Crippen LogP contribution in [0.1, 0.15) is 36.2 Å². The summed E-state index contributed by atoms with van der Waals surface area (Å²) in [7, 11) is 0. The molecule has 0 aliphatic heterocycles. The first kappa shape index (κ1) is 10.8. The number of aryl methyl sites for hydroxylation is 1. The summed E-state index contributed by atoms with van der Waals surface area (Å²) in [6, 6.07) is 9.46. The smallest absolute Gasteiger partial charge is 0.232 e. The van der Waals surface area contributed by atoms with Gasteiger partial charge < -0.3 is 9.63 Å². The van der Waals surface area contributed by atoms with E-state index in [9.17, 15) is 5.11 Å².